The third-order valence-corrected chi connectivity index (χ3v) is 3.55. The molecular formula is C16H17N. The molecule has 86 valence electrons. The van der Waals surface area contributed by atoms with Crippen LogP contribution in [0.1, 0.15) is 36.1 Å². The molecule has 1 aliphatic rings. The van der Waals surface area contributed by atoms with E-state index >= 15 is 0 Å². The fourth-order valence-corrected chi connectivity index (χ4v) is 2.64. The lowest BCUT2D eigenvalue weighted by Crippen LogP contribution is -2.17. The predicted octanol–water partition coefficient (Wildman–Crippen LogP) is 3.85. The standard InChI is InChI=1S/C16H17N/c1-3-7-13(8-4-1)15-11-12-16(17-15)14-9-5-2-6-10-14/h1-10,15-17H,11-12H2/t15-,16-/m1/s1. The van der Waals surface area contributed by atoms with Crippen LogP contribution in [0.3, 0.4) is 0 Å². The van der Waals surface area contributed by atoms with Crippen molar-refractivity contribution in [2.75, 3.05) is 0 Å². The number of nitrogens with one attached hydrogen (secondary N) is 1. The van der Waals surface area contributed by atoms with Crippen LogP contribution in [0.25, 0.3) is 0 Å². The van der Waals surface area contributed by atoms with E-state index in [1.165, 1.54) is 24.0 Å². The lowest BCUT2D eigenvalue weighted by molar-refractivity contribution is 0.574. The largest absolute Gasteiger partial charge is 0.303 e. The SMILES string of the molecule is c1ccc([C@H]2CC[C@H](c3ccccc3)N2)cc1. The molecule has 1 N–H and O–H groups in total. The minimum absolute atomic E-state index is 0.515. The molecule has 0 radical (unpaired) electrons. The van der Waals surface area contributed by atoms with Gasteiger partial charge < -0.3 is 5.32 Å². The van der Waals surface area contributed by atoms with Crippen molar-refractivity contribution < 1.29 is 0 Å². The highest BCUT2D eigenvalue weighted by Crippen LogP contribution is 2.33. The van der Waals surface area contributed by atoms with Crippen molar-refractivity contribution in [1.29, 1.82) is 0 Å². The van der Waals surface area contributed by atoms with Gasteiger partial charge in [0.15, 0.2) is 0 Å². The smallest absolute Gasteiger partial charge is 0.0326 e. The van der Waals surface area contributed by atoms with Gasteiger partial charge in [0, 0.05) is 12.1 Å². The Morgan fingerprint density at radius 2 is 1.06 bits per heavy atom. The molecule has 1 nitrogen and oxygen atoms in total. The Kier molecular flexibility index (Phi) is 2.93. The number of rotatable bonds is 2. The summed E-state index contributed by atoms with van der Waals surface area (Å²) in [5, 5.41) is 3.72. The molecule has 0 amide bonds. The quantitative estimate of drug-likeness (QED) is 0.815. The minimum atomic E-state index is 0.515. The highest BCUT2D eigenvalue weighted by atomic mass is 15.0. The summed E-state index contributed by atoms with van der Waals surface area (Å²) in [6.07, 6.45) is 2.45. The maximum Gasteiger partial charge on any atom is 0.0326 e. The van der Waals surface area contributed by atoms with Gasteiger partial charge in [-0.1, -0.05) is 60.7 Å². The van der Waals surface area contributed by atoms with Gasteiger partial charge in [-0.15, -0.1) is 0 Å². The van der Waals surface area contributed by atoms with Crippen LogP contribution in [0.2, 0.25) is 0 Å². The second-order valence-corrected chi connectivity index (χ2v) is 4.67. The molecule has 2 aromatic rings. The van der Waals surface area contributed by atoms with Gasteiger partial charge in [0.05, 0.1) is 0 Å². The van der Waals surface area contributed by atoms with Gasteiger partial charge in [0.1, 0.15) is 0 Å². The first-order valence-corrected chi connectivity index (χ1v) is 6.29. The molecule has 3 rings (SSSR count). The number of benzene rings is 2. The van der Waals surface area contributed by atoms with Crippen LogP contribution in [-0.4, -0.2) is 0 Å². The Hall–Kier alpha value is -1.60. The topological polar surface area (TPSA) is 12.0 Å². The van der Waals surface area contributed by atoms with Crippen LogP contribution in [0.15, 0.2) is 60.7 Å². The second kappa shape index (κ2) is 4.72. The van der Waals surface area contributed by atoms with E-state index in [9.17, 15) is 0 Å². The van der Waals surface area contributed by atoms with Gasteiger partial charge in [-0.25, -0.2) is 0 Å². The second-order valence-electron chi connectivity index (χ2n) is 4.67. The van der Waals surface area contributed by atoms with Crippen molar-refractivity contribution in [2.45, 2.75) is 24.9 Å². The third-order valence-electron chi connectivity index (χ3n) is 3.55. The zero-order chi connectivity index (χ0) is 11.5. The fourth-order valence-electron chi connectivity index (χ4n) is 2.64. The van der Waals surface area contributed by atoms with Crippen molar-refractivity contribution >= 4 is 0 Å². The van der Waals surface area contributed by atoms with Gasteiger partial charge in [-0.3, -0.25) is 0 Å². The van der Waals surface area contributed by atoms with Crippen molar-refractivity contribution in [3.8, 4) is 0 Å². The lowest BCUT2D eigenvalue weighted by Gasteiger charge is -2.14. The fraction of sp³-hybridized carbons (Fsp3) is 0.250. The summed E-state index contributed by atoms with van der Waals surface area (Å²) in [4.78, 5) is 0. The molecular weight excluding hydrogens is 206 g/mol. The predicted molar refractivity (Wildman–Crippen MR) is 70.7 cm³/mol. The van der Waals surface area contributed by atoms with Crippen molar-refractivity contribution in [3.05, 3.63) is 71.8 Å². The van der Waals surface area contributed by atoms with E-state index in [2.05, 4.69) is 66.0 Å². The van der Waals surface area contributed by atoms with E-state index in [-0.39, 0.29) is 0 Å². The minimum Gasteiger partial charge on any atom is -0.303 e. The maximum absolute atomic E-state index is 3.72. The summed E-state index contributed by atoms with van der Waals surface area (Å²) < 4.78 is 0. The van der Waals surface area contributed by atoms with Gasteiger partial charge in [-0.2, -0.15) is 0 Å². The number of hydrogen-bond acceptors (Lipinski definition) is 1. The molecule has 0 unspecified atom stereocenters. The molecule has 1 heteroatoms. The Labute approximate surface area is 102 Å². The van der Waals surface area contributed by atoms with Crippen LogP contribution >= 0.6 is 0 Å². The normalized spacial score (nSPS) is 23.8. The van der Waals surface area contributed by atoms with E-state index < -0.39 is 0 Å². The molecule has 0 saturated carbocycles. The van der Waals surface area contributed by atoms with E-state index in [1.807, 2.05) is 0 Å². The molecule has 0 aromatic heterocycles. The molecule has 1 fully saturated rings. The molecule has 0 aliphatic carbocycles. The molecule has 1 saturated heterocycles. The zero-order valence-electron chi connectivity index (χ0n) is 9.84. The highest BCUT2D eigenvalue weighted by molar-refractivity contribution is 5.24. The first kappa shape index (κ1) is 10.5. The molecule has 17 heavy (non-hydrogen) atoms. The average molecular weight is 223 g/mol. The zero-order valence-corrected chi connectivity index (χ0v) is 9.84. The monoisotopic (exact) mass is 223 g/mol. The van der Waals surface area contributed by atoms with Crippen LogP contribution in [-0.2, 0) is 0 Å². The Morgan fingerprint density at radius 3 is 1.47 bits per heavy atom. The summed E-state index contributed by atoms with van der Waals surface area (Å²) in [5.74, 6) is 0. The van der Waals surface area contributed by atoms with Crippen LogP contribution in [0.5, 0.6) is 0 Å². The van der Waals surface area contributed by atoms with Crippen molar-refractivity contribution in [1.82, 2.24) is 5.32 Å². The van der Waals surface area contributed by atoms with E-state index in [0.29, 0.717) is 12.1 Å². The summed E-state index contributed by atoms with van der Waals surface area (Å²) in [6, 6.07) is 22.5. The molecule has 0 spiro atoms. The van der Waals surface area contributed by atoms with E-state index in [1.54, 1.807) is 0 Å². The van der Waals surface area contributed by atoms with Gasteiger partial charge in [-0.05, 0) is 24.0 Å². The molecule has 0 bridgehead atoms. The number of hydrogen-bond donors (Lipinski definition) is 1. The maximum atomic E-state index is 3.72. The van der Waals surface area contributed by atoms with Gasteiger partial charge >= 0.3 is 0 Å². The van der Waals surface area contributed by atoms with Crippen LogP contribution in [0.4, 0.5) is 0 Å². The summed E-state index contributed by atoms with van der Waals surface area (Å²) in [6.45, 7) is 0. The van der Waals surface area contributed by atoms with Crippen molar-refractivity contribution in [3.63, 3.8) is 0 Å². The average Bonchev–Trinajstić information content (AvgIpc) is 2.90. The summed E-state index contributed by atoms with van der Waals surface area (Å²) in [7, 11) is 0. The first-order chi connectivity index (χ1) is 8.43. The van der Waals surface area contributed by atoms with Gasteiger partial charge in [0.2, 0.25) is 0 Å². The molecule has 2 aromatic carbocycles. The summed E-state index contributed by atoms with van der Waals surface area (Å²) in [5.41, 5.74) is 2.82. The summed E-state index contributed by atoms with van der Waals surface area (Å²) >= 11 is 0. The first-order valence-electron chi connectivity index (χ1n) is 6.29. The van der Waals surface area contributed by atoms with Crippen LogP contribution in [0, 0.1) is 0 Å². The van der Waals surface area contributed by atoms with E-state index in [4.69, 9.17) is 0 Å². The van der Waals surface area contributed by atoms with Crippen LogP contribution < -0.4 is 5.32 Å². The Morgan fingerprint density at radius 1 is 0.647 bits per heavy atom. The molecule has 1 heterocycles. The Bertz CT molecular complexity index is 418. The molecule has 1 aliphatic heterocycles. The highest BCUT2D eigenvalue weighted by Gasteiger charge is 2.25. The third kappa shape index (κ3) is 2.25. The van der Waals surface area contributed by atoms with Crippen molar-refractivity contribution in [2.24, 2.45) is 0 Å². The Balaban J connectivity index is 1.75. The lowest BCUT2D eigenvalue weighted by atomic mass is 10.0. The molecule has 2 atom stereocenters. The van der Waals surface area contributed by atoms with Gasteiger partial charge in [0.25, 0.3) is 0 Å². The van der Waals surface area contributed by atoms with E-state index in [0.717, 1.165) is 0 Å².